The van der Waals surface area contributed by atoms with Gasteiger partial charge in [-0.05, 0) is 19.1 Å². The molecule has 2 heterocycles. The number of alkyl halides is 1. The highest BCUT2D eigenvalue weighted by molar-refractivity contribution is 7.99. The van der Waals surface area contributed by atoms with Crippen LogP contribution in [0.3, 0.4) is 0 Å². The third-order valence-corrected chi connectivity index (χ3v) is 6.51. The van der Waals surface area contributed by atoms with Gasteiger partial charge in [0.05, 0.1) is 5.88 Å². The smallest absolute Gasteiger partial charge is 0.262 e. The van der Waals surface area contributed by atoms with Crippen molar-refractivity contribution in [1.82, 2.24) is 14.5 Å². The molecule has 8 heteroatoms. The highest BCUT2D eigenvalue weighted by atomic mass is 35.5. The average molecular weight is 310 g/mol. The highest BCUT2D eigenvalue weighted by Crippen LogP contribution is 2.28. The number of aryl methyl sites for hydroxylation is 1. The van der Waals surface area contributed by atoms with Gasteiger partial charge in [-0.2, -0.15) is 21.2 Å². The van der Waals surface area contributed by atoms with Gasteiger partial charge >= 0.3 is 0 Å². The number of hydrogen-bond donors (Lipinski definition) is 1. The maximum atomic E-state index is 12.5. The van der Waals surface area contributed by atoms with Gasteiger partial charge in [0.2, 0.25) is 0 Å². The Hall–Kier alpha value is -0.240. The lowest BCUT2D eigenvalue weighted by molar-refractivity contribution is 0.392. The summed E-state index contributed by atoms with van der Waals surface area (Å²) in [5.41, 5.74) is 1.27. The number of sulfonamides is 1. The van der Waals surface area contributed by atoms with Crippen LogP contribution in [0.25, 0.3) is 0 Å². The molecular weight excluding hydrogens is 294 g/mol. The minimum absolute atomic E-state index is 0.0557. The molecule has 1 fully saturated rings. The van der Waals surface area contributed by atoms with E-state index < -0.39 is 10.0 Å². The number of aromatic amines is 1. The van der Waals surface area contributed by atoms with E-state index in [9.17, 15) is 8.42 Å². The first-order valence-corrected chi connectivity index (χ1v) is 8.77. The SMILES string of the molecule is Cc1[nH]nc(S(=O)(=O)N(C)C2CCSC2)c1CCl. The summed E-state index contributed by atoms with van der Waals surface area (Å²) in [7, 11) is -1.93. The molecule has 1 aromatic rings. The van der Waals surface area contributed by atoms with Crippen molar-refractivity contribution in [2.45, 2.75) is 30.3 Å². The summed E-state index contributed by atoms with van der Waals surface area (Å²) in [6.07, 6.45) is 0.889. The van der Waals surface area contributed by atoms with Gasteiger partial charge in [-0.3, -0.25) is 5.10 Å². The number of nitrogens with zero attached hydrogens (tertiary/aromatic N) is 2. The van der Waals surface area contributed by atoms with Gasteiger partial charge in [0, 0.05) is 30.1 Å². The fourth-order valence-electron chi connectivity index (χ4n) is 1.94. The summed E-state index contributed by atoms with van der Waals surface area (Å²) >= 11 is 7.58. The number of rotatable bonds is 4. The van der Waals surface area contributed by atoms with Crippen molar-refractivity contribution < 1.29 is 8.42 Å². The van der Waals surface area contributed by atoms with Crippen molar-refractivity contribution in [3.63, 3.8) is 0 Å². The number of aromatic nitrogens is 2. The van der Waals surface area contributed by atoms with Crippen LogP contribution >= 0.6 is 23.4 Å². The molecule has 102 valence electrons. The number of hydrogen-bond acceptors (Lipinski definition) is 4. The second kappa shape index (κ2) is 5.40. The summed E-state index contributed by atoms with van der Waals surface area (Å²) < 4.78 is 26.4. The molecule has 2 rings (SSSR count). The van der Waals surface area contributed by atoms with E-state index in [0.29, 0.717) is 11.3 Å². The molecule has 0 bridgehead atoms. The summed E-state index contributed by atoms with van der Waals surface area (Å²) in [6.45, 7) is 1.77. The van der Waals surface area contributed by atoms with Crippen molar-refractivity contribution in [3.8, 4) is 0 Å². The van der Waals surface area contributed by atoms with Gasteiger partial charge in [0.25, 0.3) is 10.0 Å². The fraction of sp³-hybridized carbons (Fsp3) is 0.700. The standard InChI is InChI=1S/C10H16ClN3O2S2/c1-7-9(5-11)10(13-12-7)18(15,16)14(2)8-3-4-17-6-8/h8H,3-6H2,1-2H3,(H,12,13). The Morgan fingerprint density at radius 3 is 2.89 bits per heavy atom. The first-order valence-electron chi connectivity index (χ1n) is 5.64. The molecule has 0 aromatic carbocycles. The van der Waals surface area contributed by atoms with Gasteiger partial charge in [-0.25, -0.2) is 8.42 Å². The lowest BCUT2D eigenvalue weighted by atomic mass is 10.3. The number of H-pyrrole nitrogens is 1. The lowest BCUT2D eigenvalue weighted by Crippen LogP contribution is -2.37. The topological polar surface area (TPSA) is 66.1 Å². The summed E-state index contributed by atoms with van der Waals surface area (Å²) in [5, 5.41) is 6.66. The van der Waals surface area contributed by atoms with E-state index in [4.69, 9.17) is 11.6 Å². The Balaban J connectivity index is 2.35. The Kier molecular flexibility index (Phi) is 4.25. The third kappa shape index (κ3) is 2.41. The predicted molar refractivity (Wildman–Crippen MR) is 73.6 cm³/mol. The van der Waals surface area contributed by atoms with E-state index >= 15 is 0 Å². The monoisotopic (exact) mass is 309 g/mol. The Morgan fingerprint density at radius 2 is 2.33 bits per heavy atom. The Morgan fingerprint density at radius 1 is 1.61 bits per heavy atom. The Bertz CT molecular complexity index is 523. The van der Waals surface area contributed by atoms with Crippen molar-refractivity contribution >= 4 is 33.4 Å². The van der Waals surface area contributed by atoms with E-state index in [1.54, 1.807) is 25.7 Å². The molecule has 0 spiro atoms. The van der Waals surface area contributed by atoms with E-state index in [2.05, 4.69) is 10.2 Å². The van der Waals surface area contributed by atoms with E-state index in [0.717, 1.165) is 17.9 Å². The van der Waals surface area contributed by atoms with Gasteiger partial charge in [0.1, 0.15) is 0 Å². The highest BCUT2D eigenvalue weighted by Gasteiger charge is 2.33. The summed E-state index contributed by atoms with van der Waals surface area (Å²) in [6, 6.07) is 0.0557. The van der Waals surface area contributed by atoms with Crippen LogP contribution < -0.4 is 0 Å². The average Bonchev–Trinajstić information content (AvgIpc) is 2.96. The second-order valence-electron chi connectivity index (χ2n) is 4.30. The molecule has 18 heavy (non-hydrogen) atoms. The van der Waals surface area contributed by atoms with Crippen LogP contribution in [0.2, 0.25) is 0 Å². The molecule has 5 nitrogen and oxygen atoms in total. The molecule has 0 amide bonds. The van der Waals surface area contributed by atoms with Crippen LogP contribution in [0.4, 0.5) is 0 Å². The minimum Gasteiger partial charge on any atom is -0.281 e. The van der Waals surface area contributed by atoms with Gasteiger partial charge in [-0.15, -0.1) is 11.6 Å². The number of halogens is 1. The van der Waals surface area contributed by atoms with E-state index in [1.165, 1.54) is 4.31 Å². The first kappa shape index (κ1) is 14.2. The van der Waals surface area contributed by atoms with Crippen molar-refractivity contribution in [3.05, 3.63) is 11.3 Å². The predicted octanol–water partition coefficient (Wildman–Crippen LogP) is 1.58. The van der Waals surface area contributed by atoms with Crippen LogP contribution in [-0.2, 0) is 15.9 Å². The molecule has 1 aliphatic rings. The van der Waals surface area contributed by atoms with Gasteiger partial charge < -0.3 is 0 Å². The van der Waals surface area contributed by atoms with Crippen LogP contribution in [0.5, 0.6) is 0 Å². The first-order chi connectivity index (χ1) is 8.48. The summed E-state index contributed by atoms with van der Waals surface area (Å²) in [5.74, 6) is 1.99. The molecule has 1 atom stereocenters. The van der Waals surface area contributed by atoms with Crippen LogP contribution in [0, 0.1) is 6.92 Å². The number of thioether (sulfide) groups is 1. The molecule has 1 aliphatic heterocycles. The zero-order valence-corrected chi connectivity index (χ0v) is 12.7. The maximum Gasteiger partial charge on any atom is 0.262 e. The van der Waals surface area contributed by atoms with Gasteiger partial charge in [0.15, 0.2) is 5.03 Å². The molecule has 0 aliphatic carbocycles. The fourth-order valence-corrected chi connectivity index (χ4v) is 5.25. The molecule has 1 unspecified atom stereocenters. The molecular formula is C10H16ClN3O2S2. The molecule has 0 saturated carbocycles. The van der Waals surface area contributed by atoms with Gasteiger partial charge in [-0.1, -0.05) is 0 Å². The van der Waals surface area contributed by atoms with Crippen molar-refractivity contribution in [2.24, 2.45) is 0 Å². The normalized spacial score (nSPS) is 20.8. The molecule has 0 radical (unpaired) electrons. The molecule has 1 saturated heterocycles. The van der Waals surface area contributed by atoms with Crippen LogP contribution in [0.15, 0.2) is 5.03 Å². The Labute approximate surface area is 116 Å². The number of nitrogens with one attached hydrogen (secondary N) is 1. The quantitative estimate of drug-likeness (QED) is 0.858. The van der Waals surface area contributed by atoms with E-state index in [-0.39, 0.29) is 16.9 Å². The maximum absolute atomic E-state index is 12.5. The zero-order chi connectivity index (χ0) is 13.3. The van der Waals surface area contributed by atoms with Crippen molar-refractivity contribution in [1.29, 1.82) is 0 Å². The largest absolute Gasteiger partial charge is 0.281 e. The third-order valence-electron chi connectivity index (χ3n) is 3.21. The molecule has 1 aromatic heterocycles. The van der Waals surface area contributed by atoms with E-state index in [1.807, 2.05) is 0 Å². The van der Waals surface area contributed by atoms with Crippen LogP contribution in [-0.4, -0.2) is 47.5 Å². The summed E-state index contributed by atoms with van der Waals surface area (Å²) in [4.78, 5) is 0. The second-order valence-corrected chi connectivity index (χ2v) is 7.63. The lowest BCUT2D eigenvalue weighted by Gasteiger charge is -2.22. The van der Waals surface area contributed by atoms with Crippen LogP contribution in [0.1, 0.15) is 17.7 Å². The zero-order valence-electron chi connectivity index (χ0n) is 10.3. The van der Waals surface area contributed by atoms with Crippen molar-refractivity contribution in [2.75, 3.05) is 18.6 Å². The minimum atomic E-state index is -3.55. The molecule has 1 N–H and O–H groups in total.